The van der Waals surface area contributed by atoms with Crippen molar-refractivity contribution in [3.05, 3.63) is 70.8 Å². The summed E-state index contributed by atoms with van der Waals surface area (Å²) in [5.41, 5.74) is 3.41. The number of esters is 1. The zero-order chi connectivity index (χ0) is 18.1. The minimum Gasteiger partial charge on any atom is -0.493 e. The molecule has 0 atom stereocenters. The molecule has 0 aromatic heterocycles. The van der Waals surface area contributed by atoms with Crippen LogP contribution in [0.5, 0.6) is 11.5 Å². The van der Waals surface area contributed by atoms with Gasteiger partial charge in [0.05, 0.1) is 19.8 Å². The van der Waals surface area contributed by atoms with Crippen LogP contribution in [-0.2, 0) is 11.3 Å². The molecule has 4 rings (SSSR count). The Hall–Kier alpha value is -3.27. The van der Waals surface area contributed by atoms with Crippen molar-refractivity contribution in [3.8, 4) is 11.5 Å². The summed E-state index contributed by atoms with van der Waals surface area (Å²) < 4.78 is 16.1. The monoisotopic (exact) mass is 346 g/mol. The fraction of sp³-hybridized carbons (Fsp3) is 0.136. The minimum atomic E-state index is -0.288. The molecule has 0 spiro atoms. The second-order valence-electron chi connectivity index (χ2n) is 6.07. The fourth-order valence-corrected chi connectivity index (χ4v) is 3.30. The maximum atomic E-state index is 12.3. The van der Waals surface area contributed by atoms with Crippen LogP contribution in [-0.4, -0.2) is 20.2 Å². The van der Waals surface area contributed by atoms with Gasteiger partial charge in [-0.05, 0) is 40.1 Å². The lowest BCUT2D eigenvalue weighted by atomic mass is 9.94. The third kappa shape index (κ3) is 2.69. The van der Waals surface area contributed by atoms with Gasteiger partial charge < -0.3 is 14.2 Å². The molecule has 0 radical (unpaired) electrons. The van der Waals surface area contributed by atoms with Gasteiger partial charge in [0.1, 0.15) is 6.61 Å². The highest BCUT2D eigenvalue weighted by Crippen LogP contribution is 2.38. The number of carbonyl (C=O) groups is 1. The largest absolute Gasteiger partial charge is 0.493 e. The quantitative estimate of drug-likeness (QED) is 0.507. The maximum Gasteiger partial charge on any atom is 0.339 e. The van der Waals surface area contributed by atoms with Gasteiger partial charge in [-0.25, -0.2) is 4.79 Å². The smallest absolute Gasteiger partial charge is 0.339 e. The summed E-state index contributed by atoms with van der Waals surface area (Å²) in [4.78, 5) is 12.3. The predicted molar refractivity (Wildman–Crippen MR) is 102 cm³/mol. The Morgan fingerprint density at radius 1 is 0.962 bits per heavy atom. The van der Waals surface area contributed by atoms with Crippen LogP contribution in [0.15, 0.2) is 48.5 Å². The molecule has 1 heterocycles. The summed E-state index contributed by atoms with van der Waals surface area (Å²) in [7, 11) is 3.21. The zero-order valence-electron chi connectivity index (χ0n) is 14.6. The van der Waals surface area contributed by atoms with Gasteiger partial charge in [0, 0.05) is 5.56 Å². The van der Waals surface area contributed by atoms with Crippen LogP contribution in [0.1, 0.15) is 27.0 Å². The van der Waals surface area contributed by atoms with Gasteiger partial charge >= 0.3 is 5.97 Å². The molecule has 26 heavy (non-hydrogen) atoms. The fourth-order valence-electron chi connectivity index (χ4n) is 3.30. The molecule has 1 aliphatic heterocycles. The molecule has 0 unspecified atom stereocenters. The number of carbonyl (C=O) groups excluding carboxylic acids is 1. The molecule has 0 fully saturated rings. The molecular formula is C22H18O4. The molecule has 1 aliphatic rings. The molecule has 0 saturated carbocycles. The highest BCUT2D eigenvalue weighted by molar-refractivity contribution is 6.07. The summed E-state index contributed by atoms with van der Waals surface area (Å²) in [5, 5.41) is 1.90. The van der Waals surface area contributed by atoms with Crippen molar-refractivity contribution < 1.29 is 19.0 Å². The predicted octanol–water partition coefficient (Wildman–Crippen LogP) is 4.70. The van der Waals surface area contributed by atoms with Crippen LogP contribution in [0.3, 0.4) is 0 Å². The summed E-state index contributed by atoms with van der Waals surface area (Å²) >= 11 is 0. The number of rotatable bonds is 4. The number of cyclic esters (lactones) is 1. The van der Waals surface area contributed by atoms with Gasteiger partial charge in [-0.1, -0.05) is 42.5 Å². The van der Waals surface area contributed by atoms with Crippen LogP contribution in [0.25, 0.3) is 22.9 Å². The van der Waals surface area contributed by atoms with Crippen molar-refractivity contribution in [1.82, 2.24) is 0 Å². The highest BCUT2D eigenvalue weighted by atomic mass is 16.5. The second kappa shape index (κ2) is 6.56. The highest BCUT2D eigenvalue weighted by Gasteiger charge is 2.26. The maximum absolute atomic E-state index is 12.3. The Kier molecular flexibility index (Phi) is 4.09. The van der Waals surface area contributed by atoms with Gasteiger partial charge in [0.2, 0.25) is 0 Å². The Morgan fingerprint density at radius 3 is 2.42 bits per heavy atom. The van der Waals surface area contributed by atoms with Crippen molar-refractivity contribution in [2.75, 3.05) is 14.2 Å². The van der Waals surface area contributed by atoms with Crippen LogP contribution >= 0.6 is 0 Å². The number of benzene rings is 3. The van der Waals surface area contributed by atoms with E-state index in [1.807, 2.05) is 60.7 Å². The van der Waals surface area contributed by atoms with E-state index in [2.05, 4.69) is 0 Å². The minimum absolute atomic E-state index is 0.288. The molecular weight excluding hydrogens is 328 g/mol. The lowest BCUT2D eigenvalue weighted by Crippen LogP contribution is -1.99. The topological polar surface area (TPSA) is 44.8 Å². The molecule has 0 bridgehead atoms. The van der Waals surface area contributed by atoms with Crippen molar-refractivity contribution in [2.45, 2.75) is 6.61 Å². The standard InChI is InChI=1S/C22H18O4/c1-24-19-11-15-10-16-13-26-22(23)21(16)17(18(15)12-20(19)25-2)9-8-14-6-4-3-5-7-14/h3-12H,13H2,1-2H3/b9-8+. The molecule has 3 aromatic carbocycles. The van der Waals surface area contributed by atoms with E-state index in [0.29, 0.717) is 23.7 Å². The molecule has 0 N–H and O–H groups in total. The van der Waals surface area contributed by atoms with Gasteiger partial charge in [-0.3, -0.25) is 0 Å². The third-order valence-corrected chi connectivity index (χ3v) is 4.57. The Labute approximate surface area is 151 Å². The molecule has 4 nitrogen and oxygen atoms in total. The number of ether oxygens (including phenoxy) is 3. The van der Waals surface area contributed by atoms with Crippen molar-refractivity contribution in [1.29, 1.82) is 0 Å². The Morgan fingerprint density at radius 2 is 1.69 bits per heavy atom. The third-order valence-electron chi connectivity index (χ3n) is 4.57. The summed E-state index contributed by atoms with van der Waals surface area (Å²) in [6, 6.07) is 15.8. The second-order valence-corrected chi connectivity index (χ2v) is 6.07. The number of hydrogen-bond acceptors (Lipinski definition) is 4. The van der Waals surface area contributed by atoms with E-state index in [1.165, 1.54) is 0 Å². The van der Waals surface area contributed by atoms with Crippen molar-refractivity contribution in [2.24, 2.45) is 0 Å². The van der Waals surface area contributed by atoms with Gasteiger partial charge in [0.15, 0.2) is 11.5 Å². The number of fused-ring (bicyclic) bond motifs is 2. The molecule has 130 valence electrons. The van der Waals surface area contributed by atoms with E-state index in [1.54, 1.807) is 14.2 Å². The number of methoxy groups -OCH3 is 2. The van der Waals surface area contributed by atoms with Crippen LogP contribution < -0.4 is 9.47 Å². The molecule has 3 aromatic rings. The van der Waals surface area contributed by atoms with Gasteiger partial charge in [0.25, 0.3) is 0 Å². The van der Waals surface area contributed by atoms with Crippen molar-refractivity contribution in [3.63, 3.8) is 0 Å². The van der Waals surface area contributed by atoms with Gasteiger partial charge in [-0.15, -0.1) is 0 Å². The zero-order valence-corrected chi connectivity index (χ0v) is 14.6. The normalized spacial score (nSPS) is 13.1. The first kappa shape index (κ1) is 16.2. The SMILES string of the molecule is COc1cc2cc3c(c(/C=C/c4ccccc4)c2cc1OC)C(=O)OC3. The summed E-state index contributed by atoms with van der Waals surface area (Å²) in [6.45, 7) is 0.296. The van der Waals surface area contributed by atoms with E-state index in [-0.39, 0.29) is 5.97 Å². The van der Waals surface area contributed by atoms with Gasteiger partial charge in [-0.2, -0.15) is 0 Å². The van der Waals surface area contributed by atoms with E-state index in [0.717, 1.165) is 27.5 Å². The summed E-state index contributed by atoms with van der Waals surface area (Å²) in [5.74, 6) is 0.994. The lowest BCUT2D eigenvalue weighted by molar-refractivity contribution is 0.0535. The lowest BCUT2D eigenvalue weighted by Gasteiger charge is -2.12. The number of hydrogen-bond donors (Lipinski definition) is 0. The van der Waals surface area contributed by atoms with Crippen molar-refractivity contribution >= 4 is 28.9 Å². The van der Waals surface area contributed by atoms with E-state index >= 15 is 0 Å². The van der Waals surface area contributed by atoms with E-state index < -0.39 is 0 Å². The molecule has 4 heteroatoms. The first-order valence-electron chi connectivity index (χ1n) is 8.33. The Balaban J connectivity index is 1.97. The van der Waals surface area contributed by atoms with E-state index in [9.17, 15) is 4.79 Å². The van der Waals surface area contributed by atoms with Crippen LogP contribution in [0, 0.1) is 0 Å². The summed E-state index contributed by atoms with van der Waals surface area (Å²) in [6.07, 6.45) is 3.96. The van der Waals surface area contributed by atoms with E-state index in [4.69, 9.17) is 14.2 Å². The first-order chi connectivity index (χ1) is 12.7. The van der Waals surface area contributed by atoms with Crippen LogP contribution in [0.4, 0.5) is 0 Å². The average Bonchev–Trinajstić information content (AvgIpc) is 3.05. The molecule has 0 aliphatic carbocycles. The molecule has 0 amide bonds. The molecule has 0 saturated heterocycles. The average molecular weight is 346 g/mol. The Bertz CT molecular complexity index is 1020. The van der Waals surface area contributed by atoms with Crippen LogP contribution in [0.2, 0.25) is 0 Å². The first-order valence-corrected chi connectivity index (χ1v) is 8.33.